The van der Waals surface area contributed by atoms with E-state index in [0.717, 1.165) is 10.6 Å². The van der Waals surface area contributed by atoms with Crippen molar-refractivity contribution in [1.29, 1.82) is 0 Å². The van der Waals surface area contributed by atoms with Crippen molar-refractivity contribution in [2.24, 2.45) is 0 Å². The maximum atomic E-state index is 11.2. The van der Waals surface area contributed by atoms with Crippen LogP contribution in [0.4, 0.5) is 22.5 Å². The van der Waals surface area contributed by atoms with Crippen LogP contribution in [0.5, 0.6) is 0 Å². The van der Waals surface area contributed by atoms with Gasteiger partial charge in [0.15, 0.2) is 5.13 Å². The van der Waals surface area contributed by atoms with Crippen LogP contribution in [0, 0.1) is 17.0 Å². The predicted octanol–water partition coefficient (Wildman–Crippen LogP) is 3.52. The summed E-state index contributed by atoms with van der Waals surface area (Å²) in [5, 5.41) is 17.0. The second kappa shape index (κ2) is 7.23. The fourth-order valence-corrected chi connectivity index (χ4v) is 3.19. The number of hydrogen-bond acceptors (Lipinski definition) is 8. The van der Waals surface area contributed by atoms with Gasteiger partial charge < -0.3 is 10.6 Å². The molecule has 1 aromatic carbocycles. The van der Waals surface area contributed by atoms with E-state index < -0.39 is 4.92 Å². The molecule has 10 heteroatoms. The van der Waals surface area contributed by atoms with Crippen LogP contribution in [0.1, 0.15) is 12.6 Å². The summed E-state index contributed by atoms with van der Waals surface area (Å²) in [5.41, 5.74) is 1.86. The lowest BCUT2D eigenvalue weighted by Crippen LogP contribution is -2.04. The third-order valence-corrected chi connectivity index (χ3v) is 4.38. The number of non-ortho nitro benzene ring substituents is 1. The third-order valence-electron chi connectivity index (χ3n) is 3.28. The van der Waals surface area contributed by atoms with Crippen LogP contribution in [0.25, 0.3) is 10.6 Å². The Labute approximate surface area is 152 Å². The van der Waals surface area contributed by atoms with Crippen LogP contribution in [0.3, 0.4) is 0 Å². The van der Waals surface area contributed by atoms with Crippen LogP contribution >= 0.6 is 11.3 Å². The smallest absolute Gasteiger partial charge is 0.271 e. The minimum absolute atomic E-state index is 0.0237. The van der Waals surface area contributed by atoms with Gasteiger partial charge in [0.1, 0.15) is 0 Å². The average Bonchev–Trinajstić information content (AvgIpc) is 2.95. The highest BCUT2D eigenvalue weighted by atomic mass is 32.1. The Kier molecular flexibility index (Phi) is 4.85. The average molecular weight is 370 g/mol. The zero-order chi connectivity index (χ0) is 18.7. The van der Waals surface area contributed by atoms with E-state index in [2.05, 4.69) is 25.6 Å². The summed E-state index contributed by atoms with van der Waals surface area (Å²) in [7, 11) is 0. The fraction of sp³-hybridized carbons (Fsp3) is 0.125. The first-order valence-electron chi connectivity index (χ1n) is 7.52. The molecular weight excluding hydrogens is 356 g/mol. The molecule has 0 saturated heterocycles. The van der Waals surface area contributed by atoms with E-state index in [1.54, 1.807) is 24.4 Å². The molecule has 0 saturated carbocycles. The zero-order valence-corrected chi connectivity index (χ0v) is 14.7. The van der Waals surface area contributed by atoms with Crippen LogP contribution in [-0.2, 0) is 4.79 Å². The number of benzene rings is 1. The maximum absolute atomic E-state index is 11.2. The van der Waals surface area contributed by atoms with Crippen LogP contribution in [-0.4, -0.2) is 25.8 Å². The molecule has 2 N–H and O–H groups in total. The SMILES string of the molecule is CC(=O)Nc1nc(C)c(-c2ccnc(Nc3cccc([N+](=O)[O-])c3)n2)s1. The van der Waals surface area contributed by atoms with Crippen molar-refractivity contribution in [3.8, 4) is 10.6 Å². The largest absolute Gasteiger partial charge is 0.324 e. The molecule has 3 aromatic rings. The molecule has 0 unspecified atom stereocenters. The van der Waals surface area contributed by atoms with Gasteiger partial charge in [-0.05, 0) is 19.1 Å². The van der Waals surface area contributed by atoms with Crippen molar-refractivity contribution in [2.45, 2.75) is 13.8 Å². The summed E-state index contributed by atoms with van der Waals surface area (Å²) in [5.74, 6) is 0.109. The van der Waals surface area contributed by atoms with Gasteiger partial charge in [-0.3, -0.25) is 14.9 Å². The first kappa shape index (κ1) is 17.4. The van der Waals surface area contributed by atoms with Crippen molar-refractivity contribution >= 4 is 39.7 Å². The van der Waals surface area contributed by atoms with Gasteiger partial charge in [0, 0.05) is 30.9 Å². The first-order valence-corrected chi connectivity index (χ1v) is 8.34. The van der Waals surface area contributed by atoms with E-state index in [-0.39, 0.29) is 11.6 Å². The Hall–Kier alpha value is -3.40. The highest BCUT2D eigenvalue weighted by Gasteiger charge is 2.13. The highest BCUT2D eigenvalue weighted by molar-refractivity contribution is 7.19. The summed E-state index contributed by atoms with van der Waals surface area (Å²) in [4.78, 5) is 35.3. The minimum atomic E-state index is -0.466. The van der Waals surface area contributed by atoms with Gasteiger partial charge in [-0.2, -0.15) is 0 Å². The predicted molar refractivity (Wildman–Crippen MR) is 98.6 cm³/mol. The molecule has 9 nitrogen and oxygen atoms in total. The number of rotatable bonds is 5. The number of anilines is 3. The molecule has 0 spiro atoms. The van der Waals surface area contributed by atoms with Gasteiger partial charge in [-0.1, -0.05) is 17.4 Å². The number of nitrogens with one attached hydrogen (secondary N) is 2. The number of carbonyl (C=O) groups excluding carboxylic acids is 1. The third kappa shape index (κ3) is 3.98. The molecule has 0 fully saturated rings. The van der Waals surface area contributed by atoms with Crippen LogP contribution in [0.2, 0.25) is 0 Å². The number of hydrogen-bond donors (Lipinski definition) is 2. The Morgan fingerprint density at radius 2 is 2.08 bits per heavy atom. The van der Waals surface area contributed by atoms with E-state index in [1.165, 1.54) is 30.4 Å². The van der Waals surface area contributed by atoms with Gasteiger partial charge in [0.05, 0.1) is 21.2 Å². The lowest BCUT2D eigenvalue weighted by molar-refractivity contribution is -0.384. The van der Waals surface area contributed by atoms with E-state index >= 15 is 0 Å². The molecule has 0 radical (unpaired) electrons. The number of amides is 1. The number of nitrogens with zero attached hydrogens (tertiary/aromatic N) is 4. The van der Waals surface area contributed by atoms with Gasteiger partial charge in [0.25, 0.3) is 5.69 Å². The van der Waals surface area contributed by atoms with E-state index in [1.807, 2.05) is 6.92 Å². The van der Waals surface area contributed by atoms with Crippen molar-refractivity contribution in [3.05, 3.63) is 52.3 Å². The standard InChI is InChI=1S/C16H14N6O3S/c1-9-14(26-16(18-9)19-10(2)23)13-6-7-17-15(21-13)20-11-4-3-5-12(8-11)22(24)25/h3-8H,1-2H3,(H,17,20,21)(H,18,19,23). The monoisotopic (exact) mass is 370 g/mol. The summed E-state index contributed by atoms with van der Waals surface area (Å²) < 4.78 is 0. The topological polar surface area (TPSA) is 123 Å². The van der Waals surface area contributed by atoms with Crippen LogP contribution in [0.15, 0.2) is 36.5 Å². The van der Waals surface area contributed by atoms with E-state index in [9.17, 15) is 14.9 Å². The molecular formula is C16H14N6O3S. The fourth-order valence-electron chi connectivity index (χ4n) is 2.21. The van der Waals surface area contributed by atoms with E-state index in [0.29, 0.717) is 22.5 Å². The number of aryl methyl sites for hydroxylation is 1. The molecule has 2 heterocycles. The summed E-state index contributed by atoms with van der Waals surface area (Å²) >= 11 is 1.31. The summed E-state index contributed by atoms with van der Waals surface area (Å²) in [6.07, 6.45) is 1.58. The minimum Gasteiger partial charge on any atom is -0.324 e. The van der Waals surface area contributed by atoms with Crippen molar-refractivity contribution in [3.63, 3.8) is 0 Å². The molecule has 132 valence electrons. The lowest BCUT2D eigenvalue weighted by atomic mass is 10.3. The Morgan fingerprint density at radius 3 is 2.81 bits per heavy atom. The lowest BCUT2D eigenvalue weighted by Gasteiger charge is -2.06. The molecule has 0 aliphatic carbocycles. The number of nitro benzene ring substituents is 1. The van der Waals surface area contributed by atoms with Crippen molar-refractivity contribution < 1.29 is 9.72 Å². The Balaban J connectivity index is 1.87. The molecule has 2 aromatic heterocycles. The number of carbonyl (C=O) groups is 1. The first-order chi connectivity index (χ1) is 12.4. The normalized spacial score (nSPS) is 10.4. The van der Waals surface area contributed by atoms with Crippen molar-refractivity contribution in [2.75, 3.05) is 10.6 Å². The van der Waals surface area contributed by atoms with Gasteiger partial charge in [0.2, 0.25) is 11.9 Å². The zero-order valence-electron chi connectivity index (χ0n) is 13.9. The molecule has 26 heavy (non-hydrogen) atoms. The number of nitro groups is 1. The molecule has 3 rings (SSSR count). The molecule has 0 aliphatic rings. The van der Waals surface area contributed by atoms with Crippen LogP contribution < -0.4 is 10.6 Å². The van der Waals surface area contributed by atoms with Gasteiger partial charge in [-0.25, -0.2) is 15.0 Å². The summed E-state index contributed by atoms with van der Waals surface area (Å²) in [6.45, 7) is 3.25. The number of thiazole rings is 1. The van der Waals surface area contributed by atoms with Crippen molar-refractivity contribution in [1.82, 2.24) is 15.0 Å². The Morgan fingerprint density at radius 1 is 1.27 bits per heavy atom. The Bertz CT molecular complexity index is 988. The second-order valence-corrected chi connectivity index (χ2v) is 6.31. The maximum Gasteiger partial charge on any atom is 0.271 e. The molecule has 0 bridgehead atoms. The number of aromatic nitrogens is 3. The van der Waals surface area contributed by atoms with Gasteiger partial charge in [-0.15, -0.1) is 0 Å². The second-order valence-electron chi connectivity index (χ2n) is 5.31. The quantitative estimate of drug-likeness (QED) is 0.520. The molecule has 0 atom stereocenters. The highest BCUT2D eigenvalue weighted by Crippen LogP contribution is 2.32. The van der Waals surface area contributed by atoms with Gasteiger partial charge >= 0.3 is 0 Å². The molecule has 0 aliphatic heterocycles. The summed E-state index contributed by atoms with van der Waals surface area (Å²) in [6, 6.07) is 7.82. The van der Waals surface area contributed by atoms with E-state index in [4.69, 9.17) is 0 Å². The molecule has 1 amide bonds.